The summed E-state index contributed by atoms with van der Waals surface area (Å²) in [6, 6.07) is 24.7. The lowest BCUT2D eigenvalue weighted by Crippen LogP contribution is -2.40. The number of allylic oxidation sites excluding steroid dienone is 2. The summed E-state index contributed by atoms with van der Waals surface area (Å²) in [5, 5.41) is 15.6. The topological polar surface area (TPSA) is 94.1 Å². The molecule has 2 heterocycles. The maximum atomic E-state index is 14.5. The van der Waals surface area contributed by atoms with Crippen molar-refractivity contribution in [1.82, 2.24) is 0 Å². The molecule has 0 radical (unpaired) electrons. The Bertz CT molecular complexity index is 1690. The highest BCUT2D eigenvalue weighted by Crippen LogP contribution is 2.52. The number of carbonyl (C=O) groups is 2. The van der Waals surface area contributed by atoms with Crippen molar-refractivity contribution in [3.63, 3.8) is 0 Å². The summed E-state index contributed by atoms with van der Waals surface area (Å²) < 4.78 is 16.2. The van der Waals surface area contributed by atoms with Crippen LogP contribution in [0.5, 0.6) is 17.2 Å². The van der Waals surface area contributed by atoms with E-state index in [0.717, 1.165) is 38.8 Å². The lowest BCUT2D eigenvalue weighted by atomic mass is 9.66. The van der Waals surface area contributed by atoms with E-state index in [0.29, 0.717) is 23.5 Å². The second-order valence-corrected chi connectivity index (χ2v) is 10.1. The molecule has 3 unspecified atom stereocenters. The highest BCUT2D eigenvalue weighted by atomic mass is 16.7. The van der Waals surface area contributed by atoms with Gasteiger partial charge < -0.3 is 24.6 Å². The summed E-state index contributed by atoms with van der Waals surface area (Å²) in [5.41, 5.74) is 4.88. The van der Waals surface area contributed by atoms with Crippen molar-refractivity contribution < 1.29 is 28.9 Å². The molecule has 7 rings (SSSR count). The van der Waals surface area contributed by atoms with Crippen molar-refractivity contribution in [3.8, 4) is 17.2 Å². The predicted octanol–water partition coefficient (Wildman–Crippen LogP) is 5.63. The van der Waals surface area contributed by atoms with E-state index >= 15 is 0 Å². The van der Waals surface area contributed by atoms with Crippen molar-refractivity contribution in [2.24, 2.45) is 5.92 Å². The number of benzene rings is 4. The average Bonchev–Trinajstić information content (AvgIpc) is 3.44. The fourth-order valence-corrected chi connectivity index (χ4v) is 6.26. The van der Waals surface area contributed by atoms with Crippen LogP contribution in [-0.4, -0.2) is 30.8 Å². The van der Waals surface area contributed by atoms with E-state index in [2.05, 4.69) is 17.4 Å². The number of hydrogen-bond acceptors (Lipinski definition) is 7. The number of ketones is 1. The minimum Gasteiger partial charge on any atom is -0.508 e. The van der Waals surface area contributed by atoms with E-state index < -0.39 is 23.7 Å². The molecule has 0 fully saturated rings. The van der Waals surface area contributed by atoms with Crippen LogP contribution in [0.1, 0.15) is 34.9 Å². The van der Waals surface area contributed by atoms with Gasteiger partial charge >= 0.3 is 5.97 Å². The molecule has 0 aromatic heterocycles. The zero-order valence-corrected chi connectivity index (χ0v) is 21.1. The minimum absolute atomic E-state index is 0.138. The third kappa shape index (κ3) is 3.65. The molecule has 0 spiro atoms. The molecule has 4 aromatic rings. The molecular formula is C32H25NO6. The fraction of sp³-hybridized carbons (Fsp3) is 0.188. The summed E-state index contributed by atoms with van der Waals surface area (Å²) in [7, 11) is 1.32. The van der Waals surface area contributed by atoms with E-state index in [1.54, 1.807) is 12.1 Å². The van der Waals surface area contributed by atoms with Crippen LogP contribution in [0.4, 0.5) is 5.69 Å². The van der Waals surface area contributed by atoms with Crippen LogP contribution >= 0.6 is 0 Å². The predicted molar refractivity (Wildman–Crippen MR) is 145 cm³/mol. The van der Waals surface area contributed by atoms with Crippen LogP contribution in [0.3, 0.4) is 0 Å². The molecule has 0 bridgehead atoms. The molecule has 7 heteroatoms. The largest absolute Gasteiger partial charge is 0.508 e. The zero-order chi connectivity index (χ0) is 26.7. The Kier molecular flexibility index (Phi) is 5.33. The van der Waals surface area contributed by atoms with E-state index in [1.807, 2.05) is 54.6 Å². The summed E-state index contributed by atoms with van der Waals surface area (Å²) in [6.45, 7) is 0.138. The standard InChI is InChI=1S/C32H25NO6/c1-37-32(36)29-22(19-9-13-25-26(14-19)39-16-38-25)15-24-30(31(29)35)27(18-6-10-20(34)11-7-18)28-21-5-3-2-4-17(21)8-12-23(28)33-24/h2-14,22,27,29,33-34H,15-16H2,1H3. The van der Waals surface area contributed by atoms with Gasteiger partial charge in [0, 0.05) is 28.8 Å². The highest BCUT2D eigenvalue weighted by molar-refractivity contribution is 6.13. The van der Waals surface area contributed by atoms with Crippen LogP contribution in [-0.2, 0) is 14.3 Å². The van der Waals surface area contributed by atoms with E-state index in [1.165, 1.54) is 7.11 Å². The van der Waals surface area contributed by atoms with E-state index in [4.69, 9.17) is 14.2 Å². The van der Waals surface area contributed by atoms with Crippen molar-refractivity contribution in [1.29, 1.82) is 0 Å². The van der Waals surface area contributed by atoms with Crippen LogP contribution in [0.25, 0.3) is 10.8 Å². The number of nitrogens with one attached hydrogen (secondary N) is 1. The molecule has 0 saturated heterocycles. The number of esters is 1. The number of hydrogen-bond donors (Lipinski definition) is 2. The number of fused-ring (bicyclic) bond motifs is 4. The maximum absolute atomic E-state index is 14.5. The number of methoxy groups -OCH3 is 1. The van der Waals surface area contributed by atoms with Gasteiger partial charge in [-0.15, -0.1) is 0 Å². The molecule has 2 N–H and O–H groups in total. The molecule has 194 valence electrons. The summed E-state index contributed by atoms with van der Waals surface area (Å²) in [6.07, 6.45) is 0.432. The van der Waals surface area contributed by atoms with Gasteiger partial charge in [0.15, 0.2) is 17.3 Å². The number of carbonyl (C=O) groups excluding carboxylic acids is 2. The van der Waals surface area contributed by atoms with Crippen molar-refractivity contribution in [2.45, 2.75) is 18.3 Å². The smallest absolute Gasteiger partial charge is 0.317 e. The van der Waals surface area contributed by atoms with Crippen LogP contribution in [0.15, 0.2) is 90.1 Å². The highest BCUT2D eigenvalue weighted by Gasteiger charge is 2.48. The molecule has 2 aliphatic heterocycles. The molecule has 0 amide bonds. The van der Waals surface area contributed by atoms with Gasteiger partial charge in [0.1, 0.15) is 11.7 Å². The van der Waals surface area contributed by atoms with Gasteiger partial charge in [-0.2, -0.15) is 0 Å². The Hall–Kier alpha value is -4.78. The van der Waals surface area contributed by atoms with Gasteiger partial charge in [-0.3, -0.25) is 9.59 Å². The number of aromatic hydroxyl groups is 1. The molecule has 39 heavy (non-hydrogen) atoms. The third-order valence-electron chi connectivity index (χ3n) is 8.04. The minimum atomic E-state index is -1.02. The number of rotatable bonds is 3. The number of Topliss-reactive ketones (excluding diaryl/α,β-unsaturated/α-hetero) is 1. The quantitative estimate of drug-likeness (QED) is 0.268. The summed E-state index contributed by atoms with van der Waals surface area (Å²) in [4.78, 5) is 27.7. The molecule has 7 nitrogen and oxygen atoms in total. The van der Waals surface area contributed by atoms with Crippen LogP contribution in [0, 0.1) is 5.92 Å². The molecule has 3 aliphatic rings. The first-order chi connectivity index (χ1) is 19.0. The zero-order valence-electron chi connectivity index (χ0n) is 21.1. The first kappa shape index (κ1) is 23.3. The average molecular weight is 520 g/mol. The van der Waals surface area contributed by atoms with E-state index in [9.17, 15) is 14.7 Å². The monoisotopic (exact) mass is 519 g/mol. The second-order valence-electron chi connectivity index (χ2n) is 10.1. The Balaban J connectivity index is 1.44. The van der Waals surface area contributed by atoms with Gasteiger partial charge in [0.2, 0.25) is 6.79 Å². The van der Waals surface area contributed by atoms with Crippen molar-refractivity contribution >= 4 is 28.2 Å². The Labute approximate surface area is 224 Å². The number of anilines is 1. The fourth-order valence-electron chi connectivity index (χ4n) is 6.26. The van der Waals surface area contributed by atoms with Crippen molar-refractivity contribution in [3.05, 3.63) is 107 Å². The lowest BCUT2D eigenvalue weighted by Gasteiger charge is -2.40. The molecule has 3 atom stereocenters. The number of ether oxygens (including phenoxy) is 3. The molecule has 4 aromatic carbocycles. The number of phenolic OH excluding ortho intramolecular Hbond substituents is 1. The molecule has 0 saturated carbocycles. The number of phenols is 1. The molecular weight excluding hydrogens is 494 g/mol. The van der Waals surface area contributed by atoms with Crippen LogP contribution < -0.4 is 14.8 Å². The lowest BCUT2D eigenvalue weighted by molar-refractivity contribution is -0.149. The van der Waals surface area contributed by atoms with E-state index in [-0.39, 0.29) is 18.3 Å². The van der Waals surface area contributed by atoms with Gasteiger partial charge in [0.05, 0.1) is 7.11 Å². The Morgan fingerprint density at radius 3 is 2.54 bits per heavy atom. The van der Waals surface area contributed by atoms with Gasteiger partial charge in [-0.05, 0) is 64.2 Å². The third-order valence-corrected chi connectivity index (χ3v) is 8.04. The summed E-state index contributed by atoms with van der Waals surface area (Å²) >= 11 is 0. The van der Waals surface area contributed by atoms with Crippen molar-refractivity contribution in [2.75, 3.05) is 19.2 Å². The Morgan fingerprint density at radius 1 is 0.949 bits per heavy atom. The SMILES string of the molecule is COC(=O)C1C(=O)C2=C(CC1c1ccc3c(c1)OCO3)Nc1ccc3ccccc3c1C2c1ccc(O)cc1. The van der Waals surface area contributed by atoms with Crippen LogP contribution in [0.2, 0.25) is 0 Å². The molecule has 1 aliphatic carbocycles. The Morgan fingerprint density at radius 2 is 1.72 bits per heavy atom. The first-order valence-electron chi connectivity index (χ1n) is 12.9. The maximum Gasteiger partial charge on any atom is 0.317 e. The second kappa shape index (κ2) is 8.91. The van der Waals surface area contributed by atoms with Gasteiger partial charge in [-0.25, -0.2) is 0 Å². The van der Waals surface area contributed by atoms with Gasteiger partial charge in [0.25, 0.3) is 0 Å². The normalized spacial score (nSPS) is 21.3. The van der Waals surface area contributed by atoms with Gasteiger partial charge in [-0.1, -0.05) is 48.5 Å². The summed E-state index contributed by atoms with van der Waals surface area (Å²) in [5.74, 6) is -1.36. The first-order valence-corrected chi connectivity index (χ1v) is 12.9.